The van der Waals surface area contributed by atoms with Gasteiger partial charge in [-0.1, -0.05) is 54.6 Å². The van der Waals surface area contributed by atoms with Crippen molar-refractivity contribution in [3.63, 3.8) is 0 Å². The zero-order valence-corrected chi connectivity index (χ0v) is 22.9. The number of β-amino-alcohol motifs (C(OH)–C–C–N with tert-alkyl or cyclic N) is 1. The number of likely N-dealkylation sites (tertiary alicyclic amines) is 2. The van der Waals surface area contributed by atoms with Crippen LogP contribution in [-0.4, -0.2) is 90.4 Å². The molecule has 10 heteroatoms. The van der Waals surface area contributed by atoms with Crippen molar-refractivity contribution in [2.75, 3.05) is 19.0 Å². The average molecular weight is 551 g/mol. The van der Waals surface area contributed by atoms with E-state index in [0.29, 0.717) is 25.9 Å². The number of nitrogens with zero attached hydrogens (tertiary/aromatic N) is 3. The minimum absolute atomic E-state index is 0.133. The van der Waals surface area contributed by atoms with E-state index in [1.807, 2.05) is 73.3 Å². The highest BCUT2D eigenvalue weighted by Crippen LogP contribution is 2.56. The van der Waals surface area contributed by atoms with Gasteiger partial charge in [-0.2, -0.15) is 0 Å². The molecule has 1 aliphatic carbocycles. The van der Waals surface area contributed by atoms with Crippen LogP contribution in [0.2, 0.25) is 0 Å². The van der Waals surface area contributed by atoms with Crippen molar-refractivity contribution >= 4 is 29.6 Å². The summed E-state index contributed by atoms with van der Waals surface area (Å²) in [5.41, 5.74) is 1.91. The second-order valence-corrected chi connectivity index (χ2v) is 12.7. The van der Waals surface area contributed by atoms with E-state index >= 15 is 0 Å². The molecule has 0 spiro atoms. The molecule has 39 heavy (non-hydrogen) atoms. The molecule has 0 aromatic heterocycles. The zero-order chi connectivity index (χ0) is 27.5. The Morgan fingerprint density at radius 2 is 1.87 bits per heavy atom. The number of aryl methyl sites for hydroxylation is 1. The standard InChI is InChI=1S/C29H34N4O5S/c1-18-8-6-7-11-20(18)15-33-25(36)23-28(33,2)39-17-32(23)26(37)24(35)29(14-22(29)19-9-4-3-5-10-19)30-27(38)31-13-12-21(34)16-31/h3-11,21-24,34-35H,12-17H2,1-2H3,(H,30,38)/t21-,22+,23-,24-,28?,29?/m1/s1. The lowest BCUT2D eigenvalue weighted by Gasteiger charge is -2.53. The highest BCUT2D eigenvalue weighted by Gasteiger charge is 2.68. The van der Waals surface area contributed by atoms with E-state index in [0.717, 1.165) is 16.7 Å². The lowest BCUT2D eigenvalue weighted by molar-refractivity contribution is -0.168. The van der Waals surface area contributed by atoms with Crippen molar-refractivity contribution < 1.29 is 24.6 Å². The van der Waals surface area contributed by atoms with Gasteiger partial charge in [0.25, 0.3) is 5.91 Å². The van der Waals surface area contributed by atoms with Crippen LogP contribution in [-0.2, 0) is 16.1 Å². The summed E-state index contributed by atoms with van der Waals surface area (Å²) in [7, 11) is 0. The number of hydrogen-bond donors (Lipinski definition) is 3. The fourth-order valence-electron chi connectivity index (χ4n) is 6.38. The van der Waals surface area contributed by atoms with E-state index in [-0.39, 0.29) is 24.2 Å². The van der Waals surface area contributed by atoms with Crippen molar-refractivity contribution in [2.24, 2.45) is 0 Å². The fraction of sp³-hybridized carbons (Fsp3) is 0.483. The molecule has 6 rings (SSSR count). The Morgan fingerprint density at radius 3 is 2.56 bits per heavy atom. The predicted octanol–water partition coefficient (Wildman–Crippen LogP) is 2.02. The Labute approximate surface area is 232 Å². The van der Waals surface area contributed by atoms with Gasteiger partial charge in [0.15, 0.2) is 6.10 Å². The molecule has 3 heterocycles. The van der Waals surface area contributed by atoms with Crippen molar-refractivity contribution in [3.8, 4) is 0 Å². The predicted molar refractivity (Wildman–Crippen MR) is 146 cm³/mol. The van der Waals surface area contributed by atoms with Crippen LogP contribution >= 0.6 is 11.8 Å². The van der Waals surface area contributed by atoms with Gasteiger partial charge in [0.2, 0.25) is 5.91 Å². The van der Waals surface area contributed by atoms with Gasteiger partial charge in [-0.25, -0.2) is 4.79 Å². The van der Waals surface area contributed by atoms with E-state index < -0.39 is 40.6 Å². The maximum absolute atomic E-state index is 13.8. The van der Waals surface area contributed by atoms with Crippen LogP contribution in [0.4, 0.5) is 4.79 Å². The molecule has 4 aliphatic rings. The summed E-state index contributed by atoms with van der Waals surface area (Å²) in [4.78, 5) is 44.6. The molecular weight excluding hydrogens is 516 g/mol. The summed E-state index contributed by atoms with van der Waals surface area (Å²) < 4.78 is 0. The summed E-state index contributed by atoms with van der Waals surface area (Å²) in [5, 5.41) is 24.4. The quantitative estimate of drug-likeness (QED) is 0.475. The molecular formula is C29H34N4O5S. The molecule has 3 aliphatic heterocycles. The summed E-state index contributed by atoms with van der Waals surface area (Å²) in [5.74, 6) is -0.637. The number of fused-ring (bicyclic) bond motifs is 1. The van der Waals surface area contributed by atoms with Gasteiger partial charge in [0.05, 0.1) is 17.5 Å². The highest BCUT2D eigenvalue weighted by atomic mass is 32.2. The first-order chi connectivity index (χ1) is 18.7. The van der Waals surface area contributed by atoms with E-state index in [4.69, 9.17) is 0 Å². The number of nitrogens with one attached hydrogen (secondary N) is 1. The van der Waals surface area contributed by atoms with Crippen LogP contribution in [0.1, 0.15) is 42.4 Å². The topological polar surface area (TPSA) is 113 Å². The summed E-state index contributed by atoms with van der Waals surface area (Å²) in [6.45, 7) is 5.09. The van der Waals surface area contributed by atoms with Gasteiger partial charge in [-0.3, -0.25) is 9.59 Å². The van der Waals surface area contributed by atoms with E-state index in [1.165, 1.54) is 21.6 Å². The summed E-state index contributed by atoms with van der Waals surface area (Å²) in [6, 6.07) is 16.4. The third-order valence-electron chi connectivity index (χ3n) is 8.94. The Hall–Kier alpha value is -3.08. The third kappa shape index (κ3) is 4.20. The highest BCUT2D eigenvalue weighted by molar-refractivity contribution is 8.01. The molecule has 3 N–H and O–H groups in total. The normalized spacial score (nSPS) is 32.1. The first kappa shape index (κ1) is 26.2. The molecule has 0 radical (unpaired) electrons. The number of β-lactam (4-membered cyclic amide) rings is 1. The van der Waals surface area contributed by atoms with E-state index in [1.54, 1.807) is 0 Å². The van der Waals surface area contributed by atoms with Crippen LogP contribution < -0.4 is 5.32 Å². The van der Waals surface area contributed by atoms with Gasteiger partial charge in [0.1, 0.15) is 10.9 Å². The number of urea groups is 1. The lowest BCUT2D eigenvalue weighted by atomic mass is 9.91. The van der Waals surface area contributed by atoms with Gasteiger partial charge in [0, 0.05) is 25.6 Å². The number of thioether (sulfide) groups is 1. The molecule has 4 amide bonds. The number of aliphatic hydroxyl groups excluding tert-OH is 2. The maximum Gasteiger partial charge on any atom is 0.318 e. The zero-order valence-electron chi connectivity index (χ0n) is 22.1. The second-order valence-electron chi connectivity index (χ2n) is 11.3. The smallest absolute Gasteiger partial charge is 0.318 e. The second kappa shape index (κ2) is 9.53. The van der Waals surface area contributed by atoms with Crippen LogP contribution in [0.5, 0.6) is 0 Å². The molecule has 9 nitrogen and oxygen atoms in total. The monoisotopic (exact) mass is 550 g/mol. The van der Waals surface area contributed by atoms with Gasteiger partial charge in [-0.15, -0.1) is 11.8 Å². The Bertz CT molecular complexity index is 1310. The number of aliphatic hydroxyl groups is 2. The number of amides is 4. The molecule has 6 atom stereocenters. The molecule has 3 saturated heterocycles. The average Bonchev–Trinajstić information content (AvgIpc) is 3.34. The summed E-state index contributed by atoms with van der Waals surface area (Å²) in [6.07, 6.45) is -1.19. The third-order valence-corrected chi connectivity index (χ3v) is 10.4. The number of hydrogen-bond acceptors (Lipinski definition) is 6. The largest absolute Gasteiger partial charge is 0.391 e. The Kier molecular flexibility index (Phi) is 6.39. The van der Waals surface area contributed by atoms with Crippen molar-refractivity contribution in [3.05, 3.63) is 71.3 Å². The minimum Gasteiger partial charge on any atom is -0.391 e. The maximum atomic E-state index is 13.8. The van der Waals surface area contributed by atoms with Crippen LogP contribution in [0, 0.1) is 6.92 Å². The van der Waals surface area contributed by atoms with Gasteiger partial charge < -0.3 is 30.2 Å². The SMILES string of the molecule is Cc1ccccc1CN1C(=O)[C@H]2N(C(=O)[C@@H](O)C3(NC(=O)N4CC[C@@H](O)C4)C[C@H]3c3ccccc3)CSC21C. The summed E-state index contributed by atoms with van der Waals surface area (Å²) >= 11 is 1.52. The fourth-order valence-corrected chi connectivity index (χ4v) is 7.76. The van der Waals surface area contributed by atoms with Crippen LogP contribution in [0.25, 0.3) is 0 Å². The minimum atomic E-state index is -1.51. The lowest BCUT2D eigenvalue weighted by Crippen LogP contribution is -2.73. The van der Waals surface area contributed by atoms with E-state index in [9.17, 15) is 24.6 Å². The van der Waals surface area contributed by atoms with Gasteiger partial charge in [-0.05, 0) is 43.4 Å². The molecule has 2 unspecified atom stereocenters. The number of carbonyl (C=O) groups excluding carboxylic acids is 3. The van der Waals surface area contributed by atoms with Crippen molar-refractivity contribution in [2.45, 2.75) is 67.8 Å². The molecule has 206 valence electrons. The van der Waals surface area contributed by atoms with Gasteiger partial charge >= 0.3 is 6.03 Å². The van der Waals surface area contributed by atoms with E-state index in [2.05, 4.69) is 5.32 Å². The molecule has 2 aromatic rings. The molecule has 0 bridgehead atoms. The molecule has 1 saturated carbocycles. The van der Waals surface area contributed by atoms with Crippen molar-refractivity contribution in [1.82, 2.24) is 20.0 Å². The first-order valence-electron chi connectivity index (χ1n) is 13.4. The Morgan fingerprint density at radius 1 is 1.15 bits per heavy atom. The number of rotatable bonds is 6. The van der Waals surface area contributed by atoms with Crippen molar-refractivity contribution in [1.29, 1.82) is 0 Å². The number of carbonyl (C=O) groups is 3. The first-order valence-corrected chi connectivity index (χ1v) is 14.4. The number of benzene rings is 2. The molecule has 4 fully saturated rings. The molecule has 2 aromatic carbocycles. The van der Waals surface area contributed by atoms with Crippen LogP contribution in [0.3, 0.4) is 0 Å². The van der Waals surface area contributed by atoms with Crippen LogP contribution in [0.15, 0.2) is 54.6 Å². The Balaban J connectivity index is 1.21.